The molecule has 1 saturated heterocycles. The number of rotatable bonds is 4. The summed E-state index contributed by atoms with van der Waals surface area (Å²) in [7, 11) is 1.47. The number of amides is 1. The summed E-state index contributed by atoms with van der Waals surface area (Å²) in [6, 6.07) is 12.9. The minimum atomic E-state index is -0.982. The number of aromatic hydroxyl groups is 1. The van der Waals surface area contributed by atoms with Crippen molar-refractivity contribution in [1.82, 2.24) is 4.98 Å². The summed E-state index contributed by atoms with van der Waals surface area (Å²) < 4.78 is 5.16. The van der Waals surface area contributed by atoms with E-state index in [0.717, 1.165) is 0 Å². The van der Waals surface area contributed by atoms with Gasteiger partial charge in [0, 0.05) is 23.6 Å². The van der Waals surface area contributed by atoms with Gasteiger partial charge in [-0.2, -0.15) is 0 Å². The van der Waals surface area contributed by atoms with E-state index in [0.29, 0.717) is 22.6 Å². The second-order valence-electron chi connectivity index (χ2n) is 6.82. The number of halogens is 1. The normalized spacial score (nSPS) is 17.7. The maximum atomic E-state index is 13.1. The van der Waals surface area contributed by atoms with E-state index in [1.54, 1.807) is 24.3 Å². The van der Waals surface area contributed by atoms with Crippen molar-refractivity contribution >= 4 is 34.7 Å². The highest BCUT2D eigenvalue weighted by molar-refractivity contribution is 6.51. The van der Waals surface area contributed by atoms with Crippen LogP contribution in [-0.2, 0) is 9.59 Å². The third-order valence-electron chi connectivity index (χ3n) is 5.00. The van der Waals surface area contributed by atoms with Crippen LogP contribution in [0.25, 0.3) is 5.76 Å². The van der Waals surface area contributed by atoms with Crippen molar-refractivity contribution in [2.75, 3.05) is 12.0 Å². The summed E-state index contributed by atoms with van der Waals surface area (Å²) in [6.45, 7) is 0. The minimum absolute atomic E-state index is 0.0419. The number of ether oxygens (including phenoxy) is 1. The van der Waals surface area contributed by atoms with E-state index in [1.165, 1.54) is 54.7 Å². The Kier molecular flexibility index (Phi) is 5.35. The molecule has 1 aromatic heterocycles. The first kappa shape index (κ1) is 20.4. The number of aromatic nitrogens is 1. The van der Waals surface area contributed by atoms with Gasteiger partial charge in [0.15, 0.2) is 0 Å². The summed E-state index contributed by atoms with van der Waals surface area (Å²) >= 11 is 6.25. The number of hydrogen-bond acceptors (Lipinski definition) is 6. The zero-order valence-corrected chi connectivity index (χ0v) is 17.1. The van der Waals surface area contributed by atoms with Crippen LogP contribution in [0.2, 0.25) is 5.02 Å². The van der Waals surface area contributed by atoms with E-state index in [1.807, 2.05) is 0 Å². The van der Waals surface area contributed by atoms with Crippen molar-refractivity contribution in [1.29, 1.82) is 0 Å². The number of benzene rings is 2. The molecule has 8 heteroatoms. The molecule has 3 aromatic rings. The van der Waals surface area contributed by atoms with Crippen LogP contribution < -0.4 is 9.64 Å². The van der Waals surface area contributed by atoms with Crippen molar-refractivity contribution in [2.45, 2.75) is 6.04 Å². The van der Waals surface area contributed by atoms with Crippen LogP contribution in [0.4, 0.5) is 5.69 Å². The average Bonchev–Trinajstić information content (AvgIpc) is 3.04. The number of methoxy groups -OCH3 is 1. The Hall–Kier alpha value is -3.84. The molecule has 1 atom stereocenters. The van der Waals surface area contributed by atoms with Crippen molar-refractivity contribution in [3.63, 3.8) is 0 Å². The number of hydrogen-bond donors (Lipinski definition) is 2. The smallest absolute Gasteiger partial charge is 0.300 e. The Morgan fingerprint density at radius 2 is 1.84 bits per heavy atom. The predicted molar refractivity (Wildman–Crippen MR) is 115 cm³/mol. The summed E-state index contributed by atoms with van der Waals surface area (Å²) in [5, 5.41) is 21.2. The number of nitrogens with zero attached hydrogens (tertiary/aromatic N) is 2. The molecule has 0 saturated carbocycles. The van der Waals surface area contributed by atoms with E-state index < -0.39 is 17.7 Å². The van der Waals surface area contributed by atoms with Crippen LogP contribution in [0.3, 0.4) is 0 Å². The summed E-state index contributed by atoms with van der Waals surface area (Å²) in [5.41, 5.74) is 1.02. The summed E-state index contributed by atoms with van der Waals surface area (Å²) in [6.07, 6.45) is 2.94. The van der Waals surface area contributed by atoms with Crippen LogP contribution in [0, 0.1) is 0 Å². The van der Waals surface area contributed by atoms with E-state index in [9.17, 15) is 19.8 Å². The molecule has 1 aliphatic heterocycles. The molecule has 0 aliphatic carbocycles. The molecule has 2 aromatic carbocycles. The van der Waals surface area contributed by atoms with Crippen LogP contribution in [0.5, 0.6) is 11.5 Å². The number of phenolic OH excluding ortho intramolecular Hbond substituents is 1. The Labute approximate surface area is 182 Å². The number of aliphatic hydroxyl groups is 1. The van der Waals surface area contributed by atoms with E-state index in [2.05, 4.69) is 4.98 Å². The van der Waals surface area contributed by atoms with Gasteiger partial charge < -0.3 is 14.9 Å². The number of pyridine rings is 1. The van der Waals surface area contributed by atoms with Gasteiger partial charge in [-0.1, -0.05) is 23.7 Å². The fourth-order valence-electron chi connectivity index (χ4n) is 3.58. The minimum Gasteiger partial charge on any atom is -0.508 e. The largest absolute Gasteiger partial charge is 0.508 e. The van der Waals surface area contributed by atoms with Gasteiger partial charge in [-0.15, -0.1) is 0 Å². The molecule has 1 unspecified atom stereocenters. The van der Waals surface area contributed by atoms with Crippen LogP contribution in [0.1, 0.15) is 17.2 Å². The number of aliphatic hydroxyl groups excluding tert-OH is 1. The lowest BCUT2D eigenvalue weighted by Gasteiger charge is -2.26. The fourth-order valence-corrected chi connectivity index (χ4v) is 3.83. The first-order chi connectivity index (χ1) is 14.9. The third kappa shape index (κ3) is 3.60. The van der Waals surface area contributed by atoms with Crippen LogP contribution in [0.15, 0.2) is 72.6 Å². The highest BCUT2D eigenvalue weighted by Gasteiger charge is 2.47. The molecule has 4 rings (SSSR count). The highest BCUT2D eigenvalue weighted by Crippen LogP contribution is 2.44. The fraction of sp³-hybridized carbons (Fsp3) is 0.0870. The Morgan fingerprint density at radius 1 is 1.10 bits per heavy atom. The Balaban J connectivity index is 1.95. The quantitative estimate of drug-likeness (QED) is 0.363. The van der Waals surface area contributed by atoms with Gasteiger partial charge in [0.1, 0.15) is 17.3 Å². The van der Waals surface area contributed by atoms with Gasteiger partial charge in [0.2, 0.25) is 0 Å². The molecular weight excluding hydrogens is 420 g/mol. The van der Waals surface area contributed by atoms with Gasteiger partial charge in [-0.3, -0.25) is 19.5 Å². The van der Waals surface area contributed by atoms with Gasteiger partial charge >= 0.3 is 0 Å². The molecule has 2 heterocycles. The third-order valence-corrected chi connectivity index (χ3v) is 5.29. The van der Waals surface area contributed by atoms with Crippen molar-refractivity contribution in [3.8, 4) is 11.5 Å². The lowest BCUT2D eigenvalue weighted by Crippen LogP contribution is -2.29. The predicted octanol–water partition coefficient (Wildman–Crippen LogP) is 4.08. The number of Topliss-reactive ketones (excluding diaryl/α,β-unsaturated/α-hetero) is 1. The monoisotopic (exact) mass is 436 g/mol. The molecule has 0 radical (unpaired) electrons. The number of anilines is 1. The second-order valence-corrected chi connectivity index (χ2v) is 7.23. The molecule has 0 bridgehead atoms. The van der Waals surface area contributed by atoms with Gasteiger partial charge in [-0.25, -0.2) is 0 Å². The molecule has 7 nitrogen and oxygen atoms in total. The zero-order chi connectivity index (χ0) is 22.1. The molecule has 1 fully saturated rings. The van der Waals surface area contributed by atoms with Crippen molar-refractivity contribution in [3.05, 3.63) is 88.7 Å². The van der Waals surface area contributed by atoms with E-state index in [-0.39, 0.29) is 22.1 Å². The first-order valence-corrected chi connectivity index (χ1v) is 9.64. The summed E-state index contributed by atoms with van der Waals surface area (Å²) in [4.78, 5) is 31.3. The lowest BCUT2D eigenvalue weighted by atomic mass is 9.95. The molecule has 156 valence electrons. The summed E-state index contributed by atoms with van der Waals surface area (Å²) in [5.74, 6) is -1.65. The Morgan fingerprint density at radius 3 is 2.48 bits per heavy atom. The zero-order valence-electron chi connectivity index (χ0n) is 16.3. The molecule has 2 N–H and O–H groups in total. The van der Waals surface area contributed by atoms with Crippen molar-refractivity contribution < 1.29 is 24.5 Å². The van der Waals surface area contributed by atoms with E-state index in [4.69, 9.17) is 16.3 Å². The number of phenols is 1. The highest BCUT2D eigenvalue weighted by atomic mass is 35.5. The SMILES string of the molecule is COc1ccc(N2C(=O)C(=O)/C(=C(/O)c3ccncc3)C2c2cccc(O)c2)cc1Cl. The second kappa shape index (κ2) is 8.12. The number of ketones is 1. The Bertz CT molecular complexity index is 1210. The molecular formula is C23H17ClN2O5. The maximum Gasteiger partial charge on any atom is 0.300 e. The average molecular weight is 437 g/mol. The topological polar surface area (TPSA) is 100.0 Å². The molecule has 1 amide bonds. The van der Waals surface area contributed by atoms with E-state index >= 15 is 0 Å². The molecule has 31 heavy (non-hydrogen) atoms. The standard InChI is InChI=1S/C23H17ClN2O5/c1-31-18-6-5-15(12-17(18)24)26-20(14-3-2-4-16(27)11-14)19(22(29)23(26)30)21(28)13-7-9-25-10-8-13/h2-12,20,27-28H,1H3/b21-19+. The van der Waals surface area contributed by atoms with Crippen LogP contribution >= 0.6 is 11.6 Å². The van der Waals surface area contributed by atoms with Gasteiger partial charge in [-0.05, 0) is 48.0 Å². The van der Waals surface area contributed by atoms with Crippen molar-refractivity contribution in [2.24, 2.45) is 0 Å². The van der Waals surface area contributed by atoms with Gasteiger partial charge in [0.05, 0.1) is 23.7 Å². The maximum absolute atomic E-state index is 13.1. The number of carbonyl (C=O) groups excluding carboxylic acids is 2. The number of carbonyl (C=O) groups is 2. The first-order valence-electron chi connectivity index (χ1n) is 9.26. The molecule has 0 spiro atoms. The van der Waals surface area contributed by atoms with Gasteiger partial charge in [0.25, 0.3) is 11.7 Å². The van der Waals surface area contributed by atoms with Crippen LogP contribution in [-0.4, -0.2) is 34.0 Å². The molecule has 1 aliphatic rings. The lowest BCUT2D eigenvalue weighted by molar-refractivity contribution is -0.132.